The maximum atomic E-state index is 4.99. The highest BCUT2D eigenvalue weighted by Crippen LogP contribution is 2.33. The molecule has 1 heterocycles. The Kier molecular flexibility index (Phi) is 6.89. The van der Waals surface area contributed by atoms with Gasteiger partial charge in [0.2, 0.25) is 0 Å². The minimum atomic E-state index is 0.574. The summed E-state index contributed by atoms with van der Waals surface area (Å²) in [6, 6.07) is 57.6. The van der Waals surface area contributed by atoms with Crippen molar-refractivity contribution in [2.75, 3.05) is 0 Å². The van der Waals surface area contributed by atoms with Gasteiger partial charge in [0.15, 0.2) is 11.6 Å². The van der Waals surface area contributed by atoms with E-state index in [1.54, 1.807) is 0 Å². The summed E-state index contributed by atoms with van der Waals surface area (Å²) in [5, 5.41) is 4.92. The predicted molar refractivity (Wildman–Crippen MR) is 186 cm³/mol. The summed E-state index contributed by atoms with van der Waals surface area (Å²) in [6.07, 6.45) is 0.574. The van der Waals surface area contributed by atoms with Crippen LogP contribution in [-0.2, 0) is 6.42 Å². The molecule has 0 aliphatic carbocycles. The largest absolute Gasteiger partial charge is 0.213 e. The molecule has 1 aromatic heterocycles. The van der Waals surface area contributed by atoms with Crippen LogP contribution in [0.2, 0.25) is 0 Å². The van der Waals surface area contributed by atoms with Gasteiger partial charge >= 0.3 is 0 Å². The van der Waals surface area contributed by atoms with Crippen molar-refractivity contribution < 1.29 is 0 Å². The number of aromatic nitrogens is 3. The van der Waals surface area contributed by atoms with Gasteiger partial charge in [-0.3, -0.25) is 0 Å². The molecule has 0 atom stereocenters. The van der Waals surface area contributed by atoms with Crippen molar-refractivity contribution >= 4 is 21.5 Å². The lowest BCUT2D eigenvalue weighted by Crippen LogP contribution is -2.04. The average molecular weight is 576 g/mol. The van der Waals surface area contributed by atoms with Crippen molar-refractivity contribution in [2.45, 2.75) is 6.42 Å². The van der Waals surface area contributed by atoms with E-state index >= 15 is 0 Å². The standard InChI is InChI=1S/C42H29N3/c1-3-13-32(14-4-1)41-43-40(44-42(45-41)33-15-5-2-6-16-33)25-29-23-38(36-21-19-30-11-7-9-17-34(30)26-36)28-39(24-29)37-22-20-31-12-8-10-18-35(31)27-37/h1-24,26-28H,25H2. The molecule has 0 amide bonds. The van der Waals surface area contributed by atoms with Crippen molar-refractivity contribution in [3.05, 3.63) is 175 Å². The van der Waals surface area contributed by atoms with Crippen molar-refractivity contribution in [3.63, 3.8) is 0 Å². The molecule has 8 aromatic rings. The van der Waals surface area contributed by atoms with E-state index in [9.17, 15) is 0 Å². The van der Waals surface area contributed by atoms with Crippen LogP contribution in [0.1, 0.15) is 11.4 Å². The summed E-state index contributed by atoms with van der Waals surface area (Å²) in [7, 11) is 0. The molecule has 0 radical (unpaired) electrons. The second-order valence-electron chi connectivity index (χ2n) is 11.4. The second-order valence-corrected chi connectivity index (χ2v) is 11.4. The maximum Gasteiger partial charge on any atom is 0.163 e. The van der Waals surface area contributed by atoms with Crippen LogP contribution >= 0.6 is 0 Å². The van der Waals surface area contributed by atoms with Crippen LogP contribution in [0, 0.1) is 0 Å². The van der Waals surface area contributed by atoms with Gasteiger partial charge in [-0.1, -0.05) is 146 Å². The van der Waals surface area contributed by atoms with E-state index in [-0.39, 0.29) is 0 Å². The van der Waals surface area contributed by atoms with Crippen LogP contribution in [0.5, 0.6) is 0 Å². The zero-order valence-corrected chi connectivity index (χ0v) is 24.6. The van der Waals surface area contributed by atoms with Gasteiger partial charge in [0.05, 0.1) is 0 Å². The highest BCUT2D eigenvalue weighted by molar-refractivity contribution is 5.90. The first kappa shape index (κ1) is 26.7. The molecule has 0 aliphatic heterocycles. The van der Waals surface area contributed by atoms with Crippen molar-refractivity contribution in [1.82, 2.24) is 15.0 Å². The monoisotopic (exact) mass is 575 g/mol. The van der Waals surface area contributed by atoms with E-state index in [0.29, 0.717) is 18.1 Å². The minimum Gasteiger partial charge on any atom is -0.213 e. The van der Waals surface area contributed by atoms with E-state index in [2.05, 4.69) is 103 Å². The quantitative estimate of drug-likeness (QED) is 0.198. The molecule has 212 valence electrons. The summed E-state index contributed by atoms with van der Waals surface area (Å²) < 4.78 is 0. The molecule has 0 N–H and O–H groups in total. The van der Waals surface area contributed by atoms with Crippen LogP contribution < -0.4 is 0 Å². The number of hydrogen-bond acceptors (Lipinski definition) is 3. The van der Waals surface area contributed by atoms with Crippen LogP contribution in [0.3, 0.4) is 0 Å². The molecule has 3 heteroatoms. The molecule has 0 saturated heterocycles. The van der Waals surface area contributed by atoms with Crippen molar-refractivity contribution in [3.8, 4) is 45.0 Å². The number of benzene rings is 7. The SMILES string of the molecule is c1ccc(-c2nc(Cc3cc(-c4ccc5ccccc5c4)cc(-c4ccc5ccccc5c4)c3)nc(-c3ccccc3)n2)cc1. The van der Waals surface area contributed by atoms with Gasteiger partial charge in [0, 0.05) is 17.5 Å². The van der Waals surface area contributed by atoms with E-state index in [4.69, 9.17) is 15.0 Å². The Morgan fingerprint density at radius 2 is 0.756 bits per heavy atom. The molecule has 0 unspecified atom stereocenters. The van der Waals surface area contributed by atoms with Gasteiger partial charge in [-0.05, 0) is 67.6 Å². The fourth-order valence-corrected chi connectivity index (χ4v) is 5.98. The first-order valence-corrected chi connectivity index (χ1v) is 15.2. The number of nitrogens with zero attached hydrogens (tertiary/aromatic N) is 3. The van der Waals surface area contributed by atoms with Gasteiger partial charge in [-0.2, -0.15) is 0 Å². The Bertz CT molecular complexity index is 2140. The maximum absolute atomic E-state index is 4.99. The highest BCUT2D eigenvalue weighted by atomic mass is 15.0. The van der Waals surface area contributed by atoms with Gasteiger partial charge < -0.3 is 0 Å². The summed E-state index contributed by atoms with van der Waals surface area (Å²) >= 11 is 0. The third-order valence-corrected chi connectivity index (χ3v) is 8.27. The lowest BCUT2D eigenvalue weighted by molar-refractivity contribution is 0.933. The summed E-state index contributed by atoms with van der Waals surface area (Å²) in [4.78, 5) is 14.9. The Balaban J connectivity index is 1.27. The zero-order valence-electron chi connectivity index (χ0n) is 24.6. The van der Waals surface area contributed by atoms with Crippen molar-refractivity contribution in [2.24, 2.45) is 0 Å². The molecule has 7 aromatic carbocycles. The minimum absolute atomic E-state index is 0.574. The first-order chi connectivity index (χ1) is 22.2. The molecule has 0 saturated carbocycles. The lowest BCUT2D eigenvalue weighted by atomic mass is 9.93. The van der Waals surface area contributed by atoms with E-state index in [0.717, 1.165) is 22.5 Å². The fourth-order valence-electron chi connectivity index (χ4n) is 5.98. The molecule has 0 aliphatic rings. The summed E-state index contributed by atoms with van der Waals surface area (Å²) in [5.41, 5.74) is 7.80. The van der Waals surface area contributed by atoms with Gasteiger partial charge in [-0.15, -0.1) is 0 Å². The number of hydrogen-bond donors (Lipinski definition) is 0. The van der Waals surface area contributed by atoms with Crippen LogP contribution in [0.4, 0.5) is 0 Å². The molecule has 0 bridgehead atoms. The number of rotatable bonds is 6. The Labute approximate surface area is 262 Å². The molecule has 45 heavy (non-hydrogen) atoms. The van der Waals surface area contributed by atoms with Gasteiger partial charge in [0.25, 0.3) is 0 Å². The third kappa shape index (κ3) is 5.60. The molecule has 0 spiro atoms. The number of fused-ring (bicyclic) bond motifs is 2. The summed E-state index contributed by atoms with van der Waals surface area (Å²) in [5.74, 6) is 2.10. The zero-order chi connectivity index (χ0) is 30.0. The van der Waals surface area contributed by atoms with E-state index < -0.39 is 0 Å². The second kappa shape index (κ2) is 11.6. The van der Waals surface area contributed by atoms with Gasteiger partial charge in [-0.25, -0.2) is 15.0 Å². The lowest BCUT2D eigenvalue weighted by Gasteiger charge is -2.13. The van der Waals surface area contributed by atoms with E-state index in [1.165, 1.54) is 43.8 Å². The summed E-state index contributed by atoms with van der Waals surface area (Å²) in [6.45, 7) is 0. The Morgan fingerprint density at radius 3 is 1.24 bits per heavy atom. The van der Waals surface area contributed by atoms with Crippen LogP contribution in [-0.4, -0.2) is 15.0 Å². The topological polar surface area (TPSA) is 38.7 Å². The third-order valence-electron chi connectivity index (χ3n) is 8.27. The molecule has 8 rings (SSSR count). The highest BCUT2D eigenvalue weighted by Gasteiger charge is 2.13. The van der Waals surface area contributed by atoms with Crippen LogP contribution in [0.15, 0.2) is 164 Å². The predicted octanol–water partition coefficient (Wildman–Crippen LogP) is 10.4. The Hall–Kier alpha value is -5.93. The van der Waals surface area contributed by atoms with E-state index in [1.807, 2.05) is 60.7 Å². The fraction of sp³-hybridized carbons (Fsp3) is 0.0238. The molecule has 3 nitrogen and oxygen atoms in total. The smallest absolute Gasteiger partial charge is 0.163 e. The van der Waals surface area contributed by atoms with Gasteiger partial charge in [0.1, 0.15) is 5.82 Å². The molecular weight excluding hydrogens is 546 g/mol. The van der Waals surface area contributed by atoms with Crippen LogP contribution in [0.25, 0.3) is 66.6 Å². The normalized spacial score (nSPS) is 11.2. The first-order valence-electron chi connectivity index (χ1n) is 15.2. The Morgan fingerprint density at radius 1 is 0.311 bits per heavy atom. The van der Waals surface area contributed by atoms with Crippen molar-refractivity contribution in [1.29, 1.82) is 0 Å². The average Bonchev–Trinajstić information content (AvgIpc) is 3.11. The molecule has 0 fully saturated rings. The molecular formula is C42H29N3.